The third kappa shape index (κ3) is 5.32. The van der Waals surface area contributed by atoms with E-state index < -0.39 is 0 Å². The molecule has 2 amide bonds. The number of hydrogen-bond donors (Lipinski definition) is 3. The summed E-state index contributed by atoms with van der Waals surface area (Å²) in [4.78, 5) is 28.8. The molecule has 1 aliphatic rings. The van der Waals surface area contributed by atoms with Crippen LogP contribution in [0.15, 0.2) is 60.3 Å². The lowest BCUT2D eigenvalue weighted by molar-refractivity contribution is 0.0937. The molecule has 0 spiro atoms. The van der Waals surface area contributed by atoms with E-state index in [4.69, 9.17) is 5.26 Å². The van der Waals surface area contributed by atoms with Crippen molar-refractivity contribution in [2.24, 2.45) is 0 Å². The molecule has 1 aromatic heterocycles. The van der Waals surface area contributed by atoms with Crippen molar-refractivity contribution in [1.29, 1.82) is 5.26 Å². The lowest BCUT2D eigenvalue weighted by atomic mass is 10.0. The first-order valence-electron chi connectivity index (χ1n) is 9.66. The Bertz CT molecular complexity index is 1050. The van der Waals surface area contributed by atoms with Crippen molar-refractivity contribution in [3.63, 3.8) is 0 Å². The third-order valence-electron chi connectivity index (χ3n) is 4.40. The smallest absolute Gasteiger partial charge is 0.270 e. The highest BCUT2D eigenvalue weighted by Gasteiger charge is 2.14. The first-order valence-corrected chi connectivity index (χ1v) is 9.66. The molecular weight excluding hydrogens is 378 g/mol. The zero-order valence-corrected chi connectivity index (χ0v) is 16.9. The Balaban J connectivity index is 1.64. The van der Waals surface area contributed by atoms with Crippen molar-refractivity contribution in [3.8, 4) is 6.07 Å². The van der Waals surface area contributed by atoms with Gasteiger partial charge in [-0.15, -0.1) is 0 Å². The van der Waals surface area contributed by atoms with Gasteiger partial charge in [0.05, 0.1) is 11.6 Å². The number of nitriles is 1. The van der Waals surface area contributed by atoms with Gasteiger partial charge in [0.25, 0.3) is 11.8 Å². The molecule has 1 aromatic carbocycles. The van der Waals surface area contributed by atoms with Crippen LogP contribution in [0.3, 0.4) is 0 Å². The fraction of sp³-hybridized carbons (Fsp3) is 0.217. The molecule has 0 bridgehead atoms. The molecule has 0 saturated heterocycles. The molecule has 7 nitrogen and oxygen atoms in total. The lowest BCUT2D eigenvalue weighted by Gasteiger charge is -2.16. The Morgan fingerprint density at radius 1 is 1.13 bits per heavy atom. The Labute approximate surface area is 175 Å². The van der Waals surface area contributed by atoms with Crippen LogP contribution in [0, 0.1) is 11.3 Å². The second-order valence-electron chi connectivity index (χ2n) is 7.19. The lowest BCUT2D eigenvalue weighted by Crippen LogP contribution is -2.32. The molecule has 152 valence electrons. The Hall–Kier alpha value is -3.92. The summed E-state index contributed by atoms with van der Waals surface area (Å²) in [5.41, 5.74) is 3.96. The molecule has 0 radical (unpaired) electrons. The molecule has 1 aliphatic heterocycles. The molecule has 3 N–H and O–H groups in total. The largest absolute Gasteiger partial charge is 0.387 e. The minimum atomic E-state index is -0.343. The number of carbonyl (C=O) groups excluding carboxylic acids is 2. The number of amides is 2. The summed E-state index contributed by atoms with van der Waals surface area (Å²) in [6, 6.07) is 14.2. The minimum absolute atomic E-state index is 0.0131. The fourth-order valence-corrected chi connectivity index (χ4v) is 2.93. The quantitative estimate of drug-likeness (QED) is 0.689. The van der Waals surface area contributed by atoms with E-state index in [0.29, 0.717) is 18.7 Å². The number of allylic oxidation sites excluding steroid dienone is 2. The molecule has 2 heterocycles. The highest BCUT2D eigenvalue weighted by Crippen LogP contribution is 2.19. The van der Waals surface area contributed by atoms with E-state index in [1.165, 1.54) is 0 Å². The van der Waals surface area contributed by atoms with Gasteiger partial charge in [0, 0.05) is 25.3 Å². The van der Waals surface area contributed by atoms with Crippen molar-refractivity contribution in [2.45, 2.75) is 19.9 Å². The second-order valence-corrected chi connectivity index (χ2v) is 7.19. The molecule has 0 aliphatic carbocycles. The van der Waals surface area contributed by atoms with Crippen LogP contribution in [0.5, 0.6) is 0 Å². The van der Waals surface area contributed by atoms with E-state index in [2.05, 4.69) is 27.0 Å². The molecule has 0 saturated carbocycles. The van der Waals surface area contributed by atoms with E-state index in [-0.39, 0.29) is 29.2 Å². The normalized spacial score (nSPS) is 12.9. The van der Waals surface area contributed by atoms with Gasteiger partial charge in [0.15, 0.2) is 0 Å². The molecule has 7 heteroatoms. The van der Waals surface area contributed by atoms with E-state index in [1.807, 2.05) is 38.3 Å². The van der Waals surface area contributed by atoms with E-state index in [9.17, 15) is 9.59 Å². The minimum Gasteiger partial charge on any atom is -0.387 e. The zero-order chi connectivity index (χ0) is 21.5. The number of carbonyl (C=O) groups is 2. The molecule has 0 fully saturated rings. The fourth-order valence-electron chi connectivity index (χ4n) is 2.93. The number of dihydropyridines is 1. The topological polar surface area (TPSA) is 107 Å². The average Bonchev–Trinajstić information content (AvgIpc) is 2.77. The molecule has 0 unspecified atom stereocenters. The van der Waals surface area contributed by atoms with Crippen LogP contribution >= 0.6 is 0 Å². The van der Waals surface area contributed by atoms with Gasteiger partial charge in [0.2, 0.25) is 0 Å². The predicted molar refractivity (Wildman–Crippen MR) is 114 cm³/mol. The van der Waals surface area contributed by atoms with Gasteiger partial charge >= 0.3 is 0 Å². The summed E-state index contributed by atoms with van der Waals surface area (Å²) in [6.07, 6.45) is 3.92. The number of aromatic nitrogens is 1. The SMILES string of the molecule is CC(C)NC(=O)c1cccc(C(=O)NCC2=CC(c3ccc(C#N)cc3)=CNC2)n1. The summed E-state index contributed by atoms with van der Waals surface area (Å²) in [5, 5.41) is 17.7. The number of hydrogen-bond acceptors (Lipinski definition) is 5. The van der Waals surface area contributed by atoms with Crippen LogP contribution in [0.2, 0.25) is 0 Å². The van der Waals surface area contributed by atoms with Crippen molar-refractivity contribution in [3.05, 3.63) is 82.8 Å². The van der Waals surface area contributed by atoms with Crippen LogP contribution in [0.1, 0.15) is 46.0 Å². The number of pyridine rings is 1. The number of nitrogens with one attached hydrogen (secondary N) is 3. The van der Waals surface area contributed by atoms with Crippen molar-refractivity contribution < 1.29 is 9.59 Å². The maximum atomic E-state index is 12.5. The maximum absolute atomic E-state index is 12.5. The van der Waals surface area contributed by atoms with Crippen molar-refractivity contribution in [2.75, 3.05) is 13.1 Å². The maximum Gasteiger partial charge on any atom is 0.270 e. The van der Waals surface area contributed by atoms with Gasteiger partial charge in [0.1, 0.15) is 11.4 Å². The van der Waals surface area contributed by atoms with Gasteiger partial charge in [-0.05, 0) is 54.8 Å². The van der Waals surface area contributed by atoms with Gasteiger partial charge in [-0.25, -0.2) is 4.98 Å². The summed E-state index contributed by atoms with van der Waals surface area (Å²) < 4.78 is 0. The predicted octanol–water partition coefficient (Wildman–Crippen LogP) is 2.39. The summed E-state index contributed by atoms with van der Waals surface area (Å²) >= 11 is 0. The second kappa shape index (κ2) is 9.52. The van der Waals surface area contributed by atoms with Crippen LogP contribution in [-0.2, 0) is 0 Å². The van der Waals surface area contributed by atoms with Crippen LogP contribution in [0.4, 0.5) is 0 Å². The van der Waals surface area contributed by atoms with Gasteiger partial charge in [-0.2, -0.15) is 5.26 Å². The monoisotopic (exact) mass is 401 g/mol. The summed E-state index contributed by atoms with van der Waals surface area (Å²) in [6.45, 7) is 4.69. The molecule has 2 aromatic rings. The van der Waals surface area contributed by atoms with E-state index in [0.717, 1.165) is 16.7 Å². The van der Waals surface area contributed by atoms with Gasteiger partial charge < -0.3 is 16.0 Å². The molecular formula is C23H23N5O2. The third-order valence-corrected chi connectivity index (χ3v) is 4.40. The highest BCUT2D eigenvalue weighted by atomic mass is 16.2. The van der Waals surface area contributed by atoms with E-state index >= 15 is 0 Å². The van der Waals surface area contributed by atoms with Gasteiger partial charge in [-0.3, -0.25) is 9.59 Å². The van der Waals surface area contributed by atoms with Crippen molar-refractivity contribution >= 4 is 17.4 Å². The summed E-state index contributed by atoms with van der Waals surface area (Å²) in [5.74, 6) is -0.652. The van der Waals surface area contributed by atoms with Crippen LogP contribution in [0.25, 0.3) is 5.57 Å². The van der Waals surface area contributed by atoms with Crippen molar-refractivity contribution in [1.82, 2.24) is 20.9 Å². The zero-order valence-electron chi connectivity index (χ0n) is 16.9. The Morgan fingerprint density at radius 2 is 1.83 bits per heavy atom. The first kappa shape index (κ1) is 20.8. The number of rotatable bonds is 6. The molecule has 3 rings (SSSR count). The average molecular weight is 401 g/mol. The Kier molecular flexibility index (Phi) is 6.60. The van der Waals surface area contributed by atoms with Crippen LogP contribution in [-0.4, -0.2) is 35.9 Å². The Morgan fingerprint density at radius 3 is 2.50 bits per heavy atom. The molecule has 0 atom stereocenters. The number of benzene rings is 1. The highest BCUT2D eigenvalue weighted by molar-refractivity contribution is 5.96. The first-order chi connectivity index (χ1) is 14.5. The number of nitrogens with zero attached hydrogens (tertiary/aromatic N) is 2. The molecule has 30 heavy (non-hydrogen) atoms. The van der Waals surface area contributed by atoms with Crippen LogP contribution < -0.4 is 16.0 Å². The standard InChI is InChI=1S/C23H23N5O2/c1-15(2)27-23(30)21-5-3-4-20(28-21)22(29)26-13-17-10-19(14-25-12-17)18-8-6-16(11-24)7-9-18/h3-10,14-15,25H,12-13H2,1-2H3,(H,26,29)(H,27,30). The van der Waals surface area contributed by atoms with Gasteiger partial charge in [-0.1, -0.05) is 24.3 Å². The van der Waals surface area contributed by atoms with E-state index in [1.54, 1.807) is 30.3 Å². The summed E-state index contributed by atoms with van der Waals surface area (Å²) in [7, 11) is 0.